The van der Waals surface area contributed by atoms with Crippen LogP contribution in [0.1, 0.15) is 16.7 Å². The van der Waals surface area contributed by atoms with Crippen molar-refractivity contribution in [1.82, 2.24) is 9.78 Å². The van der Waals surface area contributed by atoms with Crippen LogP contribution in [0, 0.1) is 19.7 Å². The summed E-state index contributed by atoms with van der Waals surface area (Å²) in [6.07, 6.45) is 1.74. The maximum atomic E-state index is 14.0. The van der Waals surface area contributed by atoms with Gasteiger partial charge in [0.2, 0.25) is 0 Å². The Balaban J connectivity index is 1.71. The van der Waals surface area contributed by atoms with Gasteiger partial charge in [-0.05, 0) is 77.4 Å². The Morgan fingerprint density at radius 1 is 1.22 bits per heavy atom. The lowest BCUT2D eigenvalue weighted by Gasteiger charge is -2.10. The third kappa shape index (κ3) is 4.86. The van der Waals surface area contributed by atoms with E-state index in [0.29, 0.717) is 26.0 Å². The molecule has 2 N–H and O–H groups in total. The lowest BCUT2D eigenvalue weighted by molar-refractivity contribution is 0.586. The molecule has 0 bridgehead atoms. The van der Waals surface area contributed by atoms with Crippen molar-refractivity contribution >= 4 is 56.4 Å². The molecule has 0 radical (unpaired) electrons. The second-order valence-electron chi connectivity index (χ2n) is 6.10. The summed E-state index contributed by atoms with van der Waals surface area (Å²) in [4.78, 5) is 0. The predicted octanol–water partition coefficient (Wildman–Crippen LogP) is 5.91. The predicted molar refractivity (Wildman–Crippen MR) is 116 cm³/mol. The van der Waals surface area contributed by atoms with Gasteiger partial charge in [0, 0.05) is 22.5 Å². The maximum absolute atomic E-state index is 14.0. The molecular formula is C19H17BrClFN4S. The molecule has 0 amide bonds. The number of halogens is 3. The Morgan fingerprint density at radius 2 is 2.00 bits per heavy atom. The second kappa shape index (κ2) is 8.37. The van der Waals surface area contributed by atoms with E-state index in [1.807, 2.05) is 25.1 Å². The molecule has 140 valence electrons. The molecule has 8 heteroatoms. The molecular weight excluding hydrogens is 451 g/mol. The third-order valence-corrected chi connectivity index (χ3v) is 5.23. The lowest BCUT2D eigenvalue weighted by Crippen LogP contribution is -2.20. The van der Waals surface area contributed by atoms with E-state index < -0.39 is 0 Å². The summed E-state index contributed by atoms with van der Waals surface area (Å²) in [5, 5.41) is 11.4. The average Bonchev–Trinajstić information content (AvgIpc) is 2.94. The SMILES string of the molecule is Cc1ccc(NC(=S)Nc2nn(Cc3c(F)cccc3Cl)cc2Br)cc1C. The molecule has 3 aromatic rings. The molecule has 0 atom stereocenters. The summed E-state index contributed by atoms with van der Waals surface area (Å²) in [6.45, 7) is 4.31. The van der Waals surface area contributed by atoms with Crippen LogP contribution in [0.15, 0.2) is 47.1 Å². The van der Waals surface area contributed by atoms with Crippen LogP contribution >= 0.6 is 39.7 Å². The molecule has 0 spiro atoms. The van der Waals surface area contributed by atoms with Crippen LogP contribution in [0.3, 0.4) is 0 Å². The quantitative estimate of drug-likeness (QED) is 0.468. The molecule has 0 aliphatic heterocycles. The van der Waals surface area contributed by atoms with Gasteiger partial charge in [-0.25, -0.2) is 4.39 Å². The highest BCUT2D eigenvalue weighted by Crippen LogP contribution is 2.24. The van der Waals surface area contributed by atoms with Crippen LogP contribution in [-0.4, -0.2) is 14.9 Å². The molecule has 4 nitrogen and oxygen atoms in total. The minimum Gasteiger partial charge on any atom is -0.332 e. The zero-order chi connectivity index (χ0) is 19.6. The highest BCUT2D eigenvalue weighted by molar-refractivity contribution is 9.10. The molecule has 0 saturated heterocycles. The highest BCUT2D eigenvalue weighted by atomic mass is 79.9. The van der Waals surface area contributed by atoms with Crippen LogP contribution in [0.5, 0.6) is 0 Å². The fraction of sp³-hybridized carbons (Fsp3) is 0.158. The van der Waals surface area contributed by atoms with Crippen molar-refractivity contribution in [1.29, 1.82) is 0 Å². The Hall–Kier alpha value is -1.96. The zero-order valence-corrected chi connectivity index (χ0v) is 17.8. The topological polar surface area (TPSA) is 41.9 Å². The van der Waals surface area contributed by atoms with E-state index in [0.717, 1.165) is 5.69 Å². The van der Waals surface area contributed by atoms with Gasteiger partial charge < -0.3 is 10.6 Å². The minimum absolute atomic E-state index is 0.211. The third-order valence-electron chi connectivity index (χ3n) is 4.10. The van der Waals surface area contributed by atoms with Gasteiger partial charge >= 0.3 is 0 Å². The van der Waals surface area contributed by atoms with E-state index in [2.05, 4.69) is 38.6 Å². The summed E-state index contributed by atoms with van der Waals surface area (Å²) in [7, 11) is 0. The number of aryl methyl sites for hydroxylation is 2. The number of nitrogens with one attached hydrogen (secondary N) is 2. The first kappa shape index (κ1) is 19.8. The van der Waals surface area contributed by atoms with Crippen LogP contribution < -0.4 is 10.6 Å². The smallest absolute Gasteiger partial charge is 0.176 e. The van der Waals surface area contributed by atoms with Crippen molar-refractivity contribution in [2.24, 2.45) is 0 Å². The number of hydrogen-bond donors (Lipinski definition) is 2. The Morgan fingerprint density at radius 3 is 2.70 bits per heavy atom. The van der Waals surface area contributed by atoms with E-state index in [4.69, 9.17) is 23.8 Å². The number of benzene rings is 2. The number of anilines is 2. The van der Waals surface area contributed by atoms with E-state index in [1.54, 1.807) is 23.0 Å². The van der Waals surface area contributed by atoms with Crippen molar-refractivity contribution in [2.45, 2.75) is 20.4 Å². The highest BCUT2D eigenvalue weighted by Gasteiger charge is 2.12. The zero-order valence-electron chi connectivity index (χ0n) is 14.7. The maximum Gasteiger partial charge on any atom is 0.176 e. The van der Waals surface area contributed by atoms with Crippen molar-refractivity contribution in [3.63, 3.8) is 0 Å². The minimum atomic E-state index is -0.365. The first-order valence-corrected chi connectivity index (χ1v) is 9.72. The molecule has 1 heterocycles. The molecule has 3 rings (SSSR count). The Kier molecular flexibility index (Phi) is 6.14. The second-order valence-corrected chi connectivity index (χ2v) is 7.77. The fourth-order valence-corrected chi connectivity index (χ4v) is 3.35. The molecule has 0 saturated carbocycles. The normalized spacial score (nSPS) is 10.7. The van der Waals surface area contributed by atoms with Gasteiger partial charge in [-0.1, -0.05) is 23.7 Å². The number of rotatable bonds is 4. The van der Waals surface area contributed by atoms with Crippen LogP contribution in [0.4, 0.5) is 15.9 Å². The Bertz CT molecular complexity index is 985. The molecule has 0 aliphatic rings. The molecule has 0 fully saturated rings. The van der Waals surface area contributed by atoms with Crippen molar-refractivity contribution in [3.8, 4) is 0 Å². The lowest BCUT2D eigenvalue weighted by atomic mass is 10.1. The first-order valence-electron chi connectivity index (χ1n) is 8.14. The van der Waals surface area contributed by atoms with Gasteiger partial charge in [0.05, 0.1) is 11.0 Å². The molecule has 0 unspecified atom stereocenters. The molecule has 0 aliphatic carbocycles. The van der Waals surface area contributed by atoms with Gasteiger partial charge in [0.1, 0.15) is 5.82 Å². The first-order chi connectivity index (χ1) is 12.8. The van der Waals surface area contributed by atoms with E-state index in [9.17, 15) is 4.39 Å². The van der Waals surface area contributed by atoms with Gasteiger partial charge in [-0.2, -0.15) is 5.10 Å². The Labute approximate surface area is 175 Å². The van der Waals surface area contributed by atoms with Crippen LogP contribution in [0.25, 0.3) is 0 Å². The van der Waals surface area contributed by atoms with Crippen molar-refractivity contribution in [3.05, 3.63) is 74.6 Å². The summed E-state index contributed by atoms with van der Waals surface area (Å²) in [6, 6.07) is 10.6. The van der Waals surface area contributed by atoms with Gasteiger partial charge in [-0.15, -0.1) is 0 Å². The fourth-order valence-electron chi connectivity index (χ4n) is 2.50. The molecule has 2 aromatic carbocycles. The summed E-state index contributed by atoms with van der Waals surface area (Å²) in [5.74, 6) is 0.166. The number of thiocarbonyl (C=S) groups is 1. The number of hydrogen-bond acceptors (Lipinski definition) is 2. The van der Waals surface area contributed by atoms with Gasteiger partial charge in [0.15, 0.2) is 10.9 Å². The van der Waals surface area contributed by atoms with Crippen LogP contribution in [-0.2, 0) is 6.54 Å². The molecule has 27 heavy (non-hydrogen) atoms. The summed E-state index contributed by atoms with van der Waals surface area (Å²) < 4.78 is 16.3. The van der Waals surface area contributed by atoms with Gasteiger partial charge in [0.25, 0.3) is 0 Å². The molecule has 1 aromatic heterocycles. The van der Waals surface area contributed by atoms with E-state index in [1.165, 1.54) is 17.2 Å². The summed E-state index contributed by atoms with van der Waals surface area (Å²) >= 11 is 14.9. The van der Waals surface area contributed by atoms with Crippen LogP contribution in [0.2, 0.25) is 5.02 Å². The monoisotopic (exact) mass is 466 g/mol. The summed E-state index contributed by atoms with van der Waals surface area (Å²) in [5.41, 5.74) is 3.67. The number of aromatic nitrogens is 2. The van der Waals surface area contributed by atoms with E-state index in [-0.39, 0.29) is 12.4 Å². The average molecular weight is 468 g/mol. The van der Waals surface area contributed by atoms with Crippen molar-refractivity contribution < 1.29 is 4.39 Å². The largest absolute Gasteiger partial charge is 0.332 e. The van der Waals surface area contributed by atoms with E-state index >= 15 is 0 Å². The van der Waals surface area contributed by atoms with Crippen molar-refractivity contribution in [2.75, 3.05) is 10.6 Å². The number of nitrogens with zero attached hydrogens (tertiary/aromatic N) is 2. The van der Waals surface area contributed by atoms with Gasteiger partial charge in [-0.3, -0.25) is 4.68 Å². The standard InChI is InChI=1S/C19H17BrClFN4S/c1-11-6-7-13(8-12(11)2)23-19(27)24-18-15(20)10-26(25-18)9-14-16(21)4-3-5-17(14)22/h3-8,10H,9H2,1-2H3,(H2,23,24,25,27).